The molecular weight excluding hydrogens is 525 g/mol. The third kappa shape index (κ3) is 6.29. The van der Waals surface area contributed by atoms with Gasteiger partial charge in [-0.05, 0) is 62.0 Å². The number of piperidine rings is 1. The Hall–Kier alpha value is -3.76. The van der Waals surface area contributed by atoms with Crippen molar-refractivity contribution in [2.45, 2.75) is 25.7 Å². The summed E-state index contributed by atoms with van der Waals surface area (Å²) < 4.78 is 24.2. The molecule has 0 radical (unpaired) electrons. The Morgan fingerprint density at radius 1 is 1.23 bits per heavy atom. The first-order valence-corrected chi connectivity index (χ1v) is 13.1. The number of rotatable bonds is 7. The number of benzene rings is 2. The first-order valence-electron chi connectivity index (χ1n) is 12.7. The van der Waals surface area contributed by atoms with E-state index in [0.717, 1.165) is 32.4 Å². The van der Waals surface area contributed by atoms with Crippen LogP contribution >= 0.6 is 11.6 Å². The zero-order chi connectivity index (χ0) is 27.4. The van der Waals surface area contributed by atoms with Gasteiger partial charge in [0, 0.05) is 29.8 Å². The van der Waals surface area contributed by atoms with Crippen LogP contribution in [0.4, 0.5) is 21.6 Å². The van der Waals surface area contributed by atoms with Crippen molar-refractivity contribution in [3.8, 4) is 5.75 Å². The molecule has 1 spiro atoms. The highest BCUT2D eigenvalue weighted by molar-refractivity contribution is 6.31. The van der Waals surface area contributed by atoms with Gasteiger partial charge in [0.05, 0.1) is 36.4 Å². The Bertz CT molecular complexity index is 1420. The number of hydrogen-bond acceptors (Lipinski definition) is 8. The summed E-state index contributed by atoms with van der Waals surface area (Å²) in [5.41, 5.74) is 1.68. The minimum atomic E-state index is -0.516. The molecule has 2 saturated heterocycles. The Morgan fingerprint density at radius 3 is 2.79 bits per heavy atom. The maximum Gasteiger partial charge on any atom is 0.306 e. The maximum atomic E-state index is 13.6. The Balaban J connectivity index is 1.24. The average Bonchev–Trinajstić information content (AvgIpc) is 2.92. The molecule has 2 aromatic carbocycles. The quantitative estimate of drug-likeness (QED) is 0.308. The summed E-state index contributed by atoms with van der Waals surface area (Å²) in [6.07, 6.45) is 8.10. The molecule has 0 saturated carbocycles. The van der Waals surface area contributed by atoms with Gasteiger partial charge in [-0.1, -0.05) is 17.7 Å². The van der Waals surface area contributed by atoms with E-state index >= 15 is 0 Å². The number of carbonyl (C=O) groups is 2. The second-order valence-corrected chi connectivity index (χ2v) is 10.3. The fourth-order valence-electron chi connectivity index (χ4n) is 5.11. The molecule has 2 fully saturated rings. The van der Waals surface area contributed by atoms with Crippen molar-refractivity contribution in [1.29, 1.82) is 0 Å². The van der Waals surface area contributed by atoms with Gasteiger partial charge in [-0.3, -0.25) is 14.5 Å². The number of nitrogens with one attached hydrogen (secondary N) is 2. The number of cyclic esters (lactones) is 1. The van der Waals surface area contributed by atoms with Crippen LogP contribution < -0.4 is 15.4 Å². The topological polar surface area (TPSA) is 106 Å². The minimum absolute atomic E-state index is 0.0116. The highest BCUT2D eigenvalue weighted by Crippen LogP contribution is 2.41. The molecule has 0 bridgehead atoms. The molecule has 1 aromatic heterocycles. The fraction of sp³-hybridized carbons (Fsp3) is 0.357. The number of hydrogen-bond donors (Lipinski definition) is 2. The molecule has 39 heavy (non-hydrogen) atoms. The van der Waals surface area contributed by atoms with E-state index in [0.29, 0.717) is 53.4 Å². The molecule has 1 amide bonds. The van der Waals surface area contributed by atoms with E-state index in [2.05, 4.69) is 25.5 Å². The molecule has 3 aromatic rings. The molecule has 2 aliphatic rings. The largest absolute Gasteiger partial charge is 0.494 e. The lowest BCUT2D eigenvalue weighted by molar-refractivity contribution is -0.155. The summed E-state index contributed by atoms with van der Waals surface area (Å²) in [5, 5.41) is 6.62. The summed E-state index contributed by atoms with van der Waals surface area (Å²) in [4.78, 5) is 35.4. The van der Waals surface area contributed by atoms with Crippen LogP contribution in [-0.2, 0) is 14.3 Å². The average molecular weight is 554 g/mol. The summed E-state index contributed by atoms with van der Waals surface area (Å²) in [6, 6.07) is 7.73. The molecule has 3 heterocycles. The summed E-state index contributed by atoms with van der Waals surface area (Å²) >= 11 is 5.91. The molecule has 5 rings (SSSR count). The Kier molecular flexibility index (Phi) is 7.94. The zero-order valence-corrected chi connectivity index (χ0v) is 22.3. The van der Waals surface area contributed by atoms with Crippen molar-refractivity contribution in [2.24, 2.45) is 5.41 Å². The molecule has 2 aliphatic heterocycles. The number of esters is 1. The van der Waals surface area contributed by atoms with Gasteiger partial charge in [-0.25, -0.2) is 14.4 Å². The van der Waals surface area contributed by atoms with Crippen molar-refractivity contribution in [1.82, 2.24) is 14.9 Å². The molecule has 0 atom stereocenters. The van der Waals surface area contributed by atoms with Crippen molar-refractivity contribution < 1.29 is 23.5 Å². The minimum Gasteiger partial charge on any atom is -0.494 e. The lowest BCUT2D eigenvalue weighted by Gasteiger charge is -2.43. The lowest BCUT2D eigenvalue weighted by Crippen LogP contribution is -2.44. The van der Waals surface area contributed by atoms with Gasteiger partial charge in [-0.2, -0.15) is 0 Å². The van der Waals surface area contributed by atoms with E-state index in [9.17, 15) is 14.0 Å². The third-order valence-electron chi connectivity index (χ3n) is 7.36. The molecule has 0 aliphatic carbocycles. The number of likely N-dealkylation sites (tertiary alicyclic amines) is 1. The van der Waals surface area contributed by atoms with Crippen LogP contribution in [0.25, 0.3) is 10.9 Å². The van der Waals surface area contributed by atoms with Crippen LogP contribution in [0.15, 0.2) is 48.8 Å². The van der Waals surface area contributed by atoms with E-state index in [1.165, 1.54) is 31.6 Å². The molecule has 204 valence electrons. The number of nitrogens with zero attached hydrogens (tertiary/aromatic N) is 3. The number of fused-ring (bicyclic) bond motifs is 1. The summed E-state index contributed by atoms with van der Waals surface area (Å²) in [7, 11) is 1.52. The number of amides is 1. The van der Waals surface area contributed by atoms with E-state index < -0.39 is 5.82 Å². The molecule has 2 N–H and O–H groups in total. The van der Waals surface area contributed by atoms with Gasteiger partial charge >= 0.3 is 5.97 Å². The molecule has 0 unspecified atom stereocenters. The number of methoxy groups -OCH3 is 1. The Labute approximate surface area is 230 Å². The fourth-order valence-corrected chi connectivity index (χ4v) is 5.29. The normalized spacial score (nSPS) is 17.4. The van der Waals surface area contributed by atoms with Crippen LogP contribution in [0.5, 0.6) is 5.75 Å². The SMILES string of the molecule is COc1cc2ncnc(Nc3ccc(F)c(Cl)c3)c2cc1NC(=O)C=CCN1CCC2(CCOC(=O)C2)CC1. The lowest BCUT2D eigenvalue weighted by atomic mass is 9.72. The van der Waals surface area contributed by atoms with Crippen LogP contribution in [0.1, 0.15) is 25.7 Å². The predicted octanol–water partition coefficient (Wildman–Crippen LogP) is 5.09. The van der Waals surface area contributed by atoms with Crippen LogP contribution in [0.3, 0.4) is 0 Å². The van der Waals surface area contributed by atoms with Crippen LogP contribution in [0.2, 0.25) is 5.02 Å². The van der Waals surface area contributed by atoms with Gasteiger partial charge < -0.3 is 20.1 Å². The first-order chi connectivity index (χ1) is 18.8. The number of aromatic nitrogens is 2. The number of ether oxygens (including phenoxy) is 2. The van der Waals surface area contributed by atoms with Gasteiger partial charge in [0.1, 0.15) is 23.7 Å². The van der Waals surface area contributed by atoms with E-state index in [1.54, 1.807) is 18.2 Å². The summed E-state index contributed by atoms with van der Waals surface area (Å²) in [6.45, 7) is 2.92. The second-order valence-electron chi connectivity index (χ2n) is 9.89. The van der Waals surface area contributed by atoms with Crippen molar-refractivity contribution in [3.63, 3.8) is 0 Å². The number of carbonyl (C=O) groups excluding carboxylic acids is 2. The number of halogens is 2. The maximum absolute atomic E-state index is 13.6. The van der Waals surface area contributed by atoms with Crippen molar-refractivity contribution in [3.05, 3.63) is 59.7 Å². The number of anilines is 3. The van der Waals surface area contributed by atoms with Crippen LogP contribution in [0, 0.1) is 11.2 Å². The highest BCUT2D eigenvalue weighted by Gasteiger charge is 2.39. The summed E-state index contributed by atoms with van der Waals surface area (Å²) in [5.74, 6) is 0.00614. The third-order valence-corrected chi connectivity index (χ3v) is 7.65. The van der Waals surface area contributed by atoms with Gasteiger partial charge in [0.2, 0.25) is 5.91 Å². The van der Waals surface area contributed by atoms with Crippen LogP contribution in [-0.4, -0.2) is 60.1 Å². The van der Waals surface area contributed by atoms with Gasteiger partial charge in [0.25, 0.3) is 0 Å². The van der Waals surface area contributed by atoms with E-state index in [4.69, 9.17) is 21.1 Å². The van der Waals surface area contributed by atoms with Gasteiger partial charge in [0.15, 0.2) is 0 Å². The van der Waals surface area contributed by atoms with Crippen molar-refractivity contribution in [2.75, 3.05) is 44.0 Å². The predicted molar refractivity (Wildman–Crippen MR) is 147 cm³/mol. The van der Waals surface area contributed by atoms with Crippen molar-refractivity contribution >= 4 is 51.6 Å². The molecule has 9 nitrogen and oxygen atoms in total. The Morgan fingerprint density at radius 2 is 2.05 bits per heavy atom. The second kappa shape index (κ2) is 11.5. The standard InChI is InChI=1S/C28H29ClFN5O4/c1-38-24-15-22-19(27(32-17-31-22)33-18-4-5-21(30)20(29)13-18)14-23(24)34-25(36)3-2-9-35-10-6-28(7-11-35)8-12-39-26(37)16-28/h2-5,13-15,17H,6-12,16H2,1H3,(H,34,36)(H,31,32,33). The smallest absolute Gasteiger partial charge is 0.306 e. The van der Waals surface area contributed by atoms with E-state index in [1.807, 2.05) is 6.08 Å². The van der Waals surface area contributed by atoms with E-state index in [-0.39, 0.29) is 22.3 Å². The molecule has 11 heteroatoms. The highest BCUT2D eigenvalue weighted by atomic mass is 35.5. The van der Waals surface area contributed by atoms with Gasteiger partial charge in [-0.15, -0.1) is 0 Å². The monoisotopic (exact) mass is 553 g/mol. The zero-order valence-electron chi connectivity index (χ0n) is 21.5. The molecular formula is C28H29ClFN5O4. The first kappa shape index (κ1) is 26.8.